The lowest BCUT2D eigenvalue weighted by Gasteiger charge is -2.32. The third-order valence-electron chi connectivity index (χ3n) is 4.05. The van der Waals surface area contributed by atoms with Crippen LogP contribution in [0.5, 0.6) is 0 Å². The average Bonchev–Trinajstić information content (AvgIpc) is 2.57. The standard InChI is InChI=1S/C20H27NO2/c1-3-5-7-12-19-14-13-18(20(22)23-4-2)16-21(19)15-17-10-8-6-9-11-17/h6,8-11,13-14,16,19H,3-5,7,12,15H2,1-2H3. The Bertz CT molecular complexity index is 548. The van der Waals surface area contributed by atoms with E-state index in [1.165, 1.54) is 24.8 Å². The second-order valence-corrected chi connectivity index (χ2v) is 5.89. The summed E-state index contributed by atoms with van der Waals surface area (Å²) in [7, 11) is 0. The van der Waals surface area contributed by atoms with Crippen LogP contribution >= 0.6 is 0 Å². The van der Waals surface area contributed by atoms with E-state index in [0.29, 0.717) is 18.2 Å². The summed E-state index contributed by atoms with van der Waals surface area (Å²) in [5.74, 6) is -0.242. The van der Waals surface area contributed by atoms with Crippen molar-refractivity contribution in [3.8, 4) is 0 Å². The molecule has 0 saturated carbocycles. The van der Waals surface area contributed by atoms with Gasteiger partial charge in [-0.3, -0.25) is 0 Å². The van der Waals surface area contributed by atoms with Gasteiger partial charge < -0.3 is 9.64 Å². The quantitative estimate of drug-likeness (QED) is 0.524. The Balaban J connectivity index is 2.10. The monoisotopic (exact) mass is 313 g/mol. The molecule has 3 nitrogen and oxygen atoms in total. The molecule has 0 aromatic heterocycles. The van der Waals surface area contributed by atoms with Gasteiger partial charge in [0.15, 0.2) is 0 Å². The first-order valence-corrected chi connectivity index (χ1v) is 8.61. The molecule has 1 aliphatic heterocycles. The zero-order chi connectivity index (χ0) is 16.5. The van der Waals surface area contributed by atoms with Crippen LogP contribution in [0.1, 0.15) is 45.1 Å². The van der Waals surface area contributed by atoms with Gasteiger partial charge in [0.1, 0.15) is 0 Å². The number of carbonyl (C=O) groups excluding carboxylic acids is 1. The number of nitrogens with zero attached hydrogens (tertiary/aromatic N) is 1. The minimum absolute atomic E-state index is 0.242. The highest BCUT2D eigenvalue weighted by atomic mass is 16.5. The Hall–Kier alpha value is -2.03. The zero-order valence-corrected chi connectivity index (χ0v) is 14.2. The Kier molecular flexibility index (Phi) is 6.92. The second-order valence-electron chi connectivity index (χ2n) is 5.89. The lowest BCUT2D eigenvalue weighted by molar-refractivity contribution is -0.138. The van der Waals surface area contributed by atoms with Gasteiger partial charge in [0.2, 0.25) is 0 Å². The van der Waals surface area contributed by atoms with Crippen molar-refractivity contribution in [2.75, 3.05) is 6.61 Å². The number of esters is 1. The number of hydrogen-bond donors (Lipinski definition) is 0. The van der Waals surface area contributed by atoms with E-state index in [1.807, 2.05) is 25.3 Å². The molecule has 0 spiro atoms. The van der Waals surface area contributed by atoms with Crippen LogP contribution in [-0.2, 0) is 16.1 Å². The van der Waals surface area contributed by atoms with Gasteiger partial charge in [-0.2, -0.15) is 0 Å². The molecular formula is C20H27NO2. The summed E-state index contributed by atoms with van der Waals surface area (Å²) in [6.45, 7) is 5.27. The van der Waals surface area contributed by atoms with Crippen LogP contribution in [0.2, 0.25) is 0 Å². The average molecular weight is 313 g/mol. The summed E-state index contributed by atoms with van der Waals surface area (Å²) in [4.78, 5) is 14.3. The molecule has 0 bridgehead atoms. The van der Waals surface area contributed by atoms with E-state index in [4.69, 9.17) is 4.74 Å². The number of rotatable bonds is 8. The third kappa shape index (κ3) is 5.27. The molecule has 1 heterocycles. The van der Waals surface area contributed by atoms with E-state index >= 15 is 0 Å². The highest BCUT2D eigenvalue weighted by molar-refractivity contribution is 5.91. The van der Waals surface area contributed by atoms with Crippen molar-refractivity contribution in [2.24, 2.45) is 0 Å². The Morgan fingerprint density at radius 3 is 2.65 bits per heavy atom. The second kappa shape index (κ2) is 9.19. The van der Waals surface area contributed by atoms with Gasteiger partial charge in [-0.25, -0.2) is 4.79 Å². The van der Waals surface area contributed by atoms with Gasteiger partial charge in [0.05, 0.1) is 12.2 Å². The van der Waals surface area contributed by atoms with E-state index in [0.717, 1.165) is 13.0 Å². The summed E-state index contributed by atoms with van der Waals surface area (Å²) >= 11 is 0. The minimum atomic E-state index is -0.242. The smallest absolute Gasteiger partial charge is 0.339 e. The van der Waals surface area contributed by atoms with Crippen LogP contribution in [0.25, 0.3) is 0 Å². The lowest BCUT2D eigenvalue weighted by atomic mass is 10.0. The van der Waals surface area contributed by atoms with Crippen molar-refractivity contribution in [1.29, 1.82) is 0 Å². The minimum Gasteiger partial charge on any atom is -0.462 e. The van der Waals surface area contributed by atoms with Crippen molar-refractivity contribution >= 4 is 5.97 Å². The molecule has 124 valence electrons. The number of ether oxygens (including phenoxy) is 1. The molecule has 0 N–H and O–H groups in total. The largest absolute Gasteiger partial charge is 0.462 e. The molecule has 0 fully saturated rings. The topological polar surface area (TPSA) is 29.5 Å². The predicted octanol–water partition coefficient (Wildman–Crippen LogP) is 4.45. The van der Waals surface area contributed by atoms with Crippen LogP contribution in [0, 0.1) is 0 Å². The molecular weight excluding hydrogens is 286 g/mol. The van der Waals surface area contributed by atoms with Crippen LogP contribution in [0.3, 0.4) is 0 Å². The molecule has 1 aromatic rings. The van der Waals surface area contributed by atoms with Gasteiger partial charge in [-0.05, 0) is 25.0 Å². The summed E-state index contributed by atoms with van der Waals surface area (Å²) < 4.78 is 5.13. The molecule has 23 heavy (non-hydrogen) atoms. The zero-order valence-electron chi connectivity index (χ0n) is 14.2. The van der Waals surface area contributed by atoms with E-state index in [-0.39, 0.29) is 5.97 Å². The summed E-state index contributed by atoms with van der Waals surface area (Å²) in [5.41, 5.74) is 1.89. The van der Waals surface area contributed by atoms with Gasteiger partial charge in [-0.15, -0.1) is 0 Å². The first-order valence-electron chi connectivity index (χ1n) is 8.61. The van der Waals surface area contributed by atoms with Gasteiger partial charge >= 0.3 is 5.97 Å². The predicted molar refractivity (Wildman–Crippen MR) is 93.8 cm³/mol. The fourth-order valence-corrected chi connectivity index (χ4v) is 2.80. The fourth-order valence-electron chi connectivity index (χ4n) is 2.80. The molecule has 0 radical (unpaired) electrons. The van der Waals surface area contributed by atoms with Crippen molar-refractivity contribution in [3.63, 3.8) is 0 Å². The van der Waals surface area contributed by atoms with Crippen molar-refractivity contribution < 1.29 is 9.53 Å². The lowest BCUT2D eigenvalue weighted by Crippen LogP contribution is -2.32. The fraction of sp³-hybridized carbons (Fsp3) is 0.450. The van der Waals surface area contributed by atoms with Gasteiger partial charge in [0, 0.05) is 18.8 Å². The van der Waals surface area contributed by atoms with Crippen LogP contribution in [0.15, 0.2) is 54.3 Å². The number of hydrogen-bond acceptors (Lipinski definition) is 3. The third-order valence-corrected chi connectivity index (χ3v) is 4.05. The van der Waals surface area contributed by atoms with Crippen LogP contribution in [0.4, 0.5) is 0 Å². The molecule has 0 aliphatic carbocycles. The maximum absolute atomic E-state index is 12.0. The first kappa shape index (κ1) is 17.3. The maximum Gasteiger partial charge on any atom is 0.339 e. The van der Waals surface area contributed by atoms with Gasteiger partial charge in [0.25, 0.3) is 0 Å². The SMILES string of the molecule is CCCCCC1C=CC(C(=O)OCC)=CN1Cc1ccccc1. The van der Waals surface area contributed by atoms with E-state index < -0.39 is 0 Å². The molecule has 0 amide bonds. The molecule has 1 unspecified atom stereocenters. The summed E-state index contributed by atoms with van der Waals surface area (Å²) in [6, 6.07) is 10.7. The van der Waals surface area contributed by atoms with Crippen molar-refractivity contribution in [1.82, 2.24) is 4.90 Å². The van der Waals surface area contributed by atoms with Crippen LogP contribution < -0.4 is 0 Å². The number of benzene rings is 1. The summed E-state index contributed by atoms with van der Waals surface area (Å²) in [5, 5.41) is 0. The first-order chi connectivity index (χ1) is 11.2. The molecule has 3 heteroatoms. The molecule has 0 saturated heterocycles. The van der Waals surface area contributed by atoms with Crippen LogP contribution in [-0.4, -0.2) is 23.5 Å². The Morgan fingerprint density at radius 2 is 1.96 bits per heavy atom. The molecule has 1 aliphatic rings. The Labute approximate surface area is 139 Å². The van der Waals surface area contributed by atoms with Gasteiger partial charge in [-0.1, -0.05) is 62.6 Å². The highest BCUT2D eigenvalue weighted by Gasteiger charge is 2.20. The van der Waals surface area contributed by atoms with Crippen molar-refractivity contribution in [3.05, 3.63) is 59.8 Å². The van der Waals surface area contributed by atoms with E-state index in [2.05, 4.69) is 42.2 Å². The maximum atomic E-state index is 12.0. The molecule has 2 rings (SSSR count). The number of unbranched alkanes of at least 4 members (excludes halogenated alkanes) is 2. The Morgan fingerprint density at radius 1 is 1.17 bits per heavy atom. The molecule has 1 atom stereocenters. The highest BCUT2D eigenvalue weighted by Crippen LogP contribution is 2.22. The normalized spacial score (nSPS) is 17.0. The molecule has 1 aromatic carbocycles. The number of carbonyl (C=O) groups is 1. The van der Waals surface area contributed by atoms with E-state index in [1.54, 1.807) is 0 Å². The van der Waals surface area contributed by atoms with Crippen molar-refractivity contribution in [2.45, 2.75) is 52.1 Å². The van der Waals surface area contributed by atoms with E-state index in [9.17, 15) is 4.79 Å². The summed E-state index contributed by atoms with van der Waals surface area (Å²) in [6.07, 6.45) is 10.8.